The van der Waals surface area contributed by atoms with E-state index in [0.29, 0.717) is 41.9 Å². The topological polar surface area (TPSA) is 60.5 Å². The van der Waals surface area contributed by atoms with E-state index in [2.05, 4.69) is 0 Å². The van der Waals surface area contributed by atoms with Crippen LogP contribution in [0.2, 0.25) is 5.02 Å². The van der Waals surface area contributed by atoms with Crippen LogP contribution >= 0.6 is 11.6 Å². The monoisotopic (exact) mass is 391 g/mol. The van der Waals surface area contributed by atoms with Crippen molar-refractivity contribution < 1.29 is 23.7 Å². The molecular formula is C20H22ClNO5. The third-order valence-electron chi connectivity index (χ3n) is 4.05. The molecule has 1 saturated heterocycles. The first-order valence-corrected chi connectivity index (χ1v) is 8.91. The van der Waals surface area contributed by atoms with Gasteiger partial charge in [-0.15, -0.1) is 0 Å². The summed E-state index contributed by atoms with van der Waals surface area (Å²) in [4.78, 5) is 13.9. The molecule has 2 aromatic rings. The van der Waals surface area contributed by atoms with E-state index in [9.17, 15) is 4.79 Å². The number of hydrogen-bond acceptors (Lipinski definition) is 5. The molecule has 1 aliphatic rings. The molecule has 7 heteroatoms. The normalized spacial score (nSPS) is 15.2. The van der Waals surface area contributed by atoms with Crippen molar-refractivity contribution in [1.29, 1.82) is 0 Å². The Labute approximate surface area is 163 Å². The molecule has 3 rings (SSSR count). The van der Waals surface area contributed by atoms with Gasteiger partial charge in [0.05, 0.1) is 24.3 Å². The Hall–Kier alpha value is -2.44. The van der Waals surface area contributed by atoms with Crippen molar-refractivity contribution in [3.63, 3.8) is 0 Å². The lowest BCUT2D eigenvalue weighted by molar-refractivity contribution is 0.0822. The third kappa shape index (κ3) is 5.05. The molecule has 0 unspecified atom stereocenters. The number of rotatable bonds is 8. The highest BCUT2D eigenvalue weighted by atomic mass is 35.5. The predicted molar refractivity (Wildman–Crippen MR) is 102 cm³/mol. The van der Waals surface area contributed by atoms with Crippen LogP contribution in [0, 0.1) is 0 Å². The zero-order valence-electron chi connectivity index (χ0n) is 15.5. The molecule has 2 aromatic carbocycles. The third-order valence-corrected chi connectivity index (χ3v) is 4.35. The Morgan fingerprint density at radius 2 is 1.89 bits per heavy atom. The van der Waals surface area contributed by atoms with Crippen molar-refractivity contribution in [2.45, 2.75) is 12.7 Å². The zero-order chi connectivity index (χ0) is 19.4. The first kappa shape index (κ1) is 19.3. The Morgan fingerprint density at radius 3 is 2.48 bits per heavy atom. The Morgan fingerprint density at radius 1 is 1.19 bits per heavy atom. The molecule has 1 heterocycles. The molecule has 144 valence electrons. The number of nitrogens with zero attached hydrogens (tertiary/aromatic N) is 1. The van der Waals surface area contributed by atoms with Gasteiger partial charge in [-0.05, 0) is 23.8 Å². The van der Waals surface area contributed by atoms with Crippen molar-refractivity contribution in [3.8, 4) is 17.2 Å². The van der Waals surface area contributed by atoms with E-state index in [1.807, 2.05) is 24.3 Å². The van der Waals surface area contributed by atoms with Crippen LogP contribution < -0.4 is 14.2 Å². The Kier molecular flexibility index (Phi) is 6.08. The van der Waals surface area contributed by atoms with Gasteiger partial charge in [-0.2, -0.15) is 0 Å². The highest BCUT2D eigenvalue weighted by Crippen LogP contribution is 2.34. The molecule has 0 radical (unpaired) electrons. The number of ether oxygens (including phenoxy) is 4. The molecule has 1 fully saturated rings. The number of halogens is 1. The lowest BCUT2D eigenvalue weighted by Crippen LogP contribution is -2.23. The largest absolute Gasteiger partial charge is 0.497 e. The minimum Gasteiger partial charge on any atom is -0.497 e. The second-order valence-electron chi connectivity index (χ2n) is 6.38. The fourth-order valence-corrected chi connectivity index (χ4v) is 2.62. The van der Waals surface area contributed by atoms with Crippen LogP contribution in [0.4, 0.5) is 0 Å². The molecule has 0 saturated carbocycles. The van der Waals surface area contributed by atoms with Crippen LogP contribution in [0.3, 0.4) is 0 Å². The second kappa shape index (κ2) is 8.50. The molecule has 27 heavy (non-hydrogen) atoms. The summed E-state index contributed by atoms with van der Waals surface area (Å²) in [5, 5.41) is 0.351. The second-order valence-corrected chi connectivity index (χ2v) is 6.79. The summed E-state index contributed by atoms with van der Waals surface area (Å²) in [6, 6.07) is 10.8. The highest BCUT2D eigenvalue weighted by molar-refractivity contribution is 6.32. The number of benzene rings is 2. The van der Waals surface area contributed by atoms with Gasteiger partial charge >= 0.3 is 0 Å². The minimum absolute atomic E-state index is 0.0756. The molecule has 0 spiro atoms. The number of methoxy groups -OCH3 is 1. The van der Waals surface area contributed by atoms with Gasteiger partial charge in [-0.1, -0.05) is 23.7 Å². The molecule has 0 aliphatic carbocycles. The van der Waals surface area contributed by atoms with E-state index in [0.717, 1.165) is 11.3 Å². The lowest BCUT2D eigenvalue weighted by atomic mass is 10.1. The average Bonchev–Trinajstić information content (AvgIpc) is 3.50. The number of carbonyl (C=O) groups excluding carboxylic acids is 1. The molecule has 6 nitrogen and oxygen atoms in total. The smallest absolute Gasteiger partial charge is 0.257 e. The van der Waals surface area contributed by atoms with Gasteiger partial charge in [0.1, 0.15) is 36.6 Å². The first-order valence-electron chi connectivity index (χ1n) is 8.53. The van der Waals surface area contributed by atoms with Crippen molar-refractivity contribution in [2.75, 3.05) is 34.4 Å². The summed E-state index contributed by atoms with van der Waals surface area (Å²) in [5.41, 5.74) is 1.36. The van der Waals surface area contributed by atoms with Crippen molar-refractivity contribution in [1.82, 2.24) is 4.90 Å². The maximum absolute atomic E-state index is 12.4. The molecule has 1 aliphatic heterocycles. The highest BCUT2D eigenvalue weighted by Gasteiger charge is 2.25. The van der Waals surface area contributed by atoms with Crippen LogP contribution in [-0.4, -0.2) is 51.3 Å². The minimum atomic E-state index is -0.190. The fraction of sp³-hybridized carbons (Fsp3) is 0.350. The van der Waals surface area contributed by atoms with E-state index in [-0.39, 0.29) is 12.0 Å². The molecule has 1 amide bonds. The van der Waals surface area contributed by atoms with Crippen molar-refractivity contribution in [3.05, 3.63) is 52.5 Å². The van der Waals surface area contributed by atoms with Crippen LogP contribution in [-0.2, 0) is 11.3 Å². The first-order chi connectivity index (χ1) is 13.0. The summed E-state index contributed by atoms with van der Waals surface area (Å²) >= 11 is 6.34. The van der Waals surface area contributed by atoms with Gasteiger partial charge in [0, 0.05) is 20.2 Å². The Balaban J connectivity index is 1.78. The van der Waals surface area contributed by atoms with Crippen LogP contribution in [0.15, 0.2) is 36.4 Å². The lowest BCUT2D eigenvalue weighted by Gasteiger charge is -2.17. The van der Waals surface area contributed by atoms with Gasteiger partial charge in [-0.3, -0.25) is 4.79 Å². The predicted octanol–water partition coefficient (Wildman–Crippen LogP) is 3.41. The van der Waals surface area contributed by atoms with Gasteiger partial charge in [-0.25, -0.2) is 0 Å². The van der Waals surface area contributed by atoms with Crippen LogP contribution in [0.25, 0.3) is 0 Å². The maximum atomic E-state index is 12.4. The molecule has 0 aromatic heterocycles. The van der Waals surface area contributed by atoms with Gasteiger partial charge < -0.3 is 23.8 Å². The van der Waals surface area contributed by atoms with Crippen molar-refractivity contribution in [2.24, 2.45) is 0 Å². The maximum Gasteiger partial charge on any atom is 0.257 e. The summed E-state index contributed by atoms with van der Waals surface area (Å²) in [5.74, 6) is 1.47. The van der Waals surface area contributed by atoms with E-state index < -0.39 is 0 Å². The summed E-state index contributed by atoms with van der Waals surface area (Å²) in [7, 11) is 4.98. The number of amides is 1. The van der Waals surface area contributed by atoms with Gasteiger partial charge in [0.25, 0.3) is 5.91 Å². The number of hydrogen-bond donors (Lipinski definition) is 0. The standard InChI is InChI=1S/C20H22ClNO5/c1-22(2)20(23)16-8-17(21)19(9-18(16)27-12-15-11-25-15)26-10-13-4-6-14(24-3)7-5-13/h4-9,15H,10-12H2,1-3H3/t15-/m0/s1. The number of carbonyl (C=O) groups is 1. The number of epoxide rings is 1. The molecule has 1 atom stereocenters. The van der Waals surface area contributed by atoms with Crippen molar-refractivity contribution >= 4 is 17.5 Å². The zero-order valence-corrected chi connectivity index (χ0v) is 16.3. The van der Waals surface area contributed by atoms with Crippen LogP contribution in [0.1, 0.15) is 15.9 Å². The van der Waals surface area contributed by atoms with Gasteiger partial charge in [0.15, 0.2) is 0 Å². The fourth-order valence-electron chi connectivity index (χ4n) is 2.40. The Bertz CT molecular complexity index is 803. The molecule has 0 bridgehead atoms. The van der Waals surface area contributed by atoms with Crippen LogP contribution in [0.5, 0.6) is 17.2 Å². The average molecular weight is 392 g/mol. The quantitative estimate of drug-likeness (QED) is 0.645. The summed E-state index contributed by atoms with van der Waals surface area (Å²) in [6.45, 7) is 1.38. The molecular weight excluding hydrogens is 370 g/mol. The SMILES string of the molecule is COc1ccc(COc2cc(OC[C@@H]3CO3)c(C(=O)N(C)C)cc2Cl)cc1. The van der Waals surface area contributed by atoms with E-state index in [4.69, 9.17) is 30.5 Å². The summed E-state index contributed by atoms with van der Waals surface area (Å²) < 4.78 is 21.9. The van der Waals surface area contributed by atoms with E-state index in [1.54, 1.807) is 33.3 Å². The summed E-state index contributed by atoms with van der Waals surface area (Å²) in [6.07, 6.45) is 0.0756. The molecule has 0 N–H and O–H groups in total. The van der Waals surface area contributed by atoms with E-state index >= 15 is 0 Å². The van der Waals surface area contributed by atoms with E-state index in [1.165, 1.54) is 4.90 Å². The van der Waals surface area contributed by atoms with Gasteiger partial charge in [0.2, 0.25) is 0 Å².